The summed E-state index contributed by atoms with van der Waals surface area (Å²) in [6.07, 6.45) is 0. The fourth-order valence-electron chi connectivity index (χ4n) is 8.61. The van der Waals surface area contributed by atoms with Gasteiger partial charge in [0.05, 0.1) is 0 Å². The van der Waals surface area contributed by atoms with Crippen LogP contribution in [0.15, 0.2) is 182 Å². The SMILES string of the molecule is c1ccc(-c2cccc(N3c4cc(-c5ccccc5)ccc4B4c5ccccc5-c5cc(-c6cccc7c6sc6ccccc67)cc3c54)c2)cc1. The summed E-state index contributed by atoms with van der Waals surface area (Å²) in [5.41, 5.74) is 17.9. The highest BCUT2D eigenvalue weighted by molar-refractivity contribution is 7.26. The minimum Gasteiger partial charge on any atom is -0.311 e. The standard InChI is InChI=1S/C48H30BNS/c1-3-13-31(14-4-1)33-17-11-18-36(27-33)50-44-29-34(32-15-5-2-6-16-32)25-26-43(44)49-42-23-9-7-19-38(42)41-28-35(30-45(50)47(41)49)37-21-12-22-40-39-20-8-10-24-46(39)51-48(37)40/h1-30H. The summed E-state index contributed by atoms with van der Waals surface area (Å²) in [4.78, 5) is 2.55. The van der Waals surface area contributed by atoms with Crippen LogP contribution in [0.1, 0.15) is 0 Å². The smallest absolute Gasteiger partial charge is 0.248 e. The van der Waals surface area contributed by atoms with Crippen LogP contribution in [0.5, 0.6) is 0 Å². The van der Waals surface area contributed by atoms with E-state index in [9.17, 15) is 0 Å². The Balaban J connectivity index is 1.22. The maximum atomic E-state index is 2.55. The molecule has 0 amide bonds. The molecule has 0 aliphatic carbocycles. The fourth-order valence-corrected chi connectivity index (χ4v) is 9.84. The van der Waals surface area contributed by atoms with Crippen molar-refractivity contribution in [1.29, 1.82) is 0 Å². The lowest BCUT2D eigenvalue weighted by Crippen LogP contribution is -2.54. The molecule has 0 atom stereocenters. The average molecular weight is 664 g/mol. The molecule has 9 aromatic rings. The normalized spacial score (nSPS) is 12.6. The van der Waals surface area contributed by atoms with Crippen LogP contribution in [0, 0.1) is 0 Å². The summed E-state index contributed by atoms with van der Waals surface area (Å²) in [5.74, 6) is 0. The molecule has 0 spiro atoms. The van der Waals surface area contributed by atoms with Crippen LogP contribution in [0.4, 0.5) is 17.1 Å². The lowest BCUT2D eigenvalue weighted by atomic mass is 9.37. The Morgan fingerprint density at radius 3 is 1.88 bits per heavy atom. The highest BCUT2D eigenvalue weighted by Crippen LogP contribution is 2.46. The van der Waals surface area contributed by atoms with Gasteiger partial charge in [-0.2, -0.15) is 0 Å². The van der Waals surface area contributed by atoms with E-state index < -0.39 is 0 Å². The molecule has 0 bridgehead atoms. The molecule has 0 radical (unpaired) electrons. The summed E-state index contributed by atoms with van der Waals surface area (Å²) in [5, 5.41) is 2.65. The van der Waals surface area contributed by atoms with E-state index >= 15 is 0 Å². The van der Waals surface area contributed by atoms with Crippen LogP contribution in [-0.4, -0.2) is 6.71 Å². The molecule has 11 rings (SSSR count). The molecule has 8 aromatic carbocycles. The molecule has 51 heavy (non-hydrogen) atoms. The van der Waals surface area contributed by atoms with E-state index in [0.717, 1.165) is 5.69 Å². The predicted octanol–water partition coefficient (Wildman–Crippen LogP) is 11.3. The summed E-state index contributed by atoms with van der Waals surface area (Å²) in [7, 11) is 0. The van der Waals surface area contributed by atoms with E-state index in [2.05, 4.69) is 187 Å². The van der Waals surface area contributed by atoms with Crippen LogP contribution in [0.3, 0.4) is 0 Å². The van der Waals surface area contributed by atoms with Crippen molar-refractivity contribution in [3.05, 3.63) is 182 Å². The summed E-state index contributed by atoms with van der Waals surface area (Å²) < 4.78 is 2.67. The summed E-state index contributed by atoms with van der Waals surface area (Å²) >= 11 is 1.90. The van der Waals surface area contributed by atoms with Crippen LogP contribution < -0.4 is 21.3 Å². The van der Waals surface area contributed by atoms with E-state index in [1.54, 1.807) is 0 Å². The number of nitrogens with zero attached hydrogens (tertiary/aromatic N) is 1. The largest absolute Gasteiger partial charge is 0.311 e. The van der Waals surface area contributed by atoms with Crippen LogP contribution in [0.25, 0.3) is 64.7 Å². The van der Waals surface area contributed by atoms with Crippen molar-refractivity contribution in [3.8, 4) is 44.5 Å². The first-order chi connectivity index (χ1) is 25.3. The highest BCUT2D eigenvalue weighted by Gasteiger charge is 2.43. The van der Waals surface area contributed by atoms with Crippen molar-refractivity contribution in [2.75, 3.05) is 4.90 Å². The molecule has 2 aliphatic heterocycles. The summed E-state index contributed by atoms with van der Waals surface area (Å²) in [6, 6.07) is 67.4. The average Bonchev–Trinajstić information content (AvgIpc) is 3.75. The van der Waals surface area contributed by atoms with Gasteiger partial charge in [0, 0.05) is 37.2 Å². The van der Waals surface area contributed by atoms with Gasteiger partial charge in [0.1, 0.15) is 0 Å². The molecular weight excluding hydrogens is 633 g/mol. The van der Waals surface area contributed by atoms with Crippen molar-refractivity contribution in [1.82, 2.24) is 0 Å². The predicted molar refractivity (Wildman–Crippen MR) is 220 cm³/mol. The van der Waals surface area contributed by atoms with Gasteiger partial charge in [0.15, 0.2) is 0 Å². The van der Waals surface area contributed by atoms with E-state index in [0.29, 0.717) is 0 Å². The second-order valence-electron chi connectivity index (χ2n) is 13.6. The van der Waals surface area contributed by atoms with E-state index in [4.69, 9.17) is 0 Å². The first kappa shape index (κ1) is 28.7. The third-order valence-electron chi connectivity index (χ3n) is 10.9. The zero-order valence-corrected chi connectivity index (χ0v) is 28.6. The fraction of sp³-hybridized carbons (Fsp3) is 0. The van der Waals surface area contributed by atoms with Gasteiger partial charge in [-0.25, -0.2) is 0 Å². The molecule has 3 heteroatoms. The number of anilines is 3. The molecule has 1 aromatic heterocycles. The minimum atomic E-state index is 0.161. The molecule has 0 saturated heterocycles. The molecule has 236 valence electrons. The van der Waals surface area contributed by atoms with Crippen molar-refractivity contribution in [3.63, 3.8) is 0 Å². The van der Waals surface area contributed by atoms with Crippen LogP contribution in [0.2, 0.25) is 0 Å². The highest BCUT2D eigenvalue weighted by atomic mass is 32.1. The number of benzene rings is 8. The zero-order chi connectivity index (χ0) is 33.5. The Labute approximate surface area is 301 Å². The molecule has 3 heterocycles. The molecule has 0 saturated carbocycles. The number of fused-ring (bicyclic) bond motifs is 8. The first-order valence-corrected chi connectivity index (χ1v) is 18.4. The van der Waals surface area contributed by atoms with E-state index in [1.807, 2.05) is 11.3 Å². The number of hydrogen-bond donors (Lipinski definition) is 0. The quantitative estimate of drug-likeness (QED) is 0.169. The molecule has 1 nitrogen and oxygen atoms in total. The summed E-state index contributed by atoms with van der Waals surface area (Å²) in [6.45, 7) is 0.161. The van der Waals surface area contributed by atoms with Gasteiger partial charge in [-0.3, -0.25) is 0 Å². The maximum Gasteiger partial charge on any atom is 0.248 e. The Morgan fingerprint density at radius 2 is 1.04 bits per heavy atom. The third kappa shape index (κ3) is 4.35. The monoisotopic (exact) mass is 663 g/mol. The van der Waals surface area contributed by atoms with Gasteiger partial charge >= 0.3 is 0 Å². The Kier molecular flexibility index (Phi) is 6.28. The van der Waals surface area contributed by atoms with Crippen molar-refractivity contribution in [2.45, 2.75) is 0 Å². The Bertz CT molecular complexity index is 2820. The van der Waals surface area contributed by atoms with Gasteiger partial charge in [0.25, 0.3) is 0 Å². The molecular formula is C48H30BNS. The van der Waals surface area contributed by atoms with Gasteiger partial charge in [-0.1, -0.05) is 151 Å². The molecule has 2 aliphatic rings. The maximum absolute atomic E-state index is 2.55. The number of rotatable bonds is 4. The Morgan fingerprint density at radius 1 is 0.392 bits per heavy atom. The second kappa shape index (κ2) is 11.2. The van der Waals surface area contributed by atoms with E-state index in [1.165, 1.54) is 92.4 Å². The number of hydrogen-bond acceptors (Lipinski definition) is 2. The van der Waals surface area contributed by atoms with Gasteiger partial charge in [0.2, 0.25) is 6.71 Å². The van der Waals surface area contributed by atoms with Crippen molar-refractivity contribution in [2.24, 2.45) is 0 Å². The number of thiophene rings is 1. The van der Waals surface area contributed by atoms with Gasteiger partial charge in [-0.15, -0.1) is 11.3 Å². The van der Waals surface area contributed by atoms with Gasteiger partial charge < -0.3 is 4.90 Å². The third-order valence-corrected chi connectivity index (χ3v) is 12.1. The first-order valence-electron chi connectivity index (χ1n) is 17.6. The second-order valence-corrected chi connectivity index (χ2v) is 14.7. The molecule has 0 N–H and O–H groups in total. The van der Waals surface area contributed by atoms with Gasteiger partial charge in [-0.05, 0) is 91.8 Å². The topological polar surface area (TPSA) is 3.24 Å². The molecule has 0 unspecified atom stereocenters. The van der Waals surface area contributed by atoms with E-state index in [-0.39, 0.29) is 6.71 Å². The van der Waals surface area contributed by atoms with Crippen LogP contribution in [-0.2, 0) is 0 Å². The van der Waals surface area contributed by atoms with Crippen molar-refractivity contribution >= 4 is 71.7 Å². The lowest BCUT2D eigenvalue weighted by molar-refractivity contribution is 1.30. The zero-order valence-electron chi connectivity index (χ0n) is 27.8. The minimum absolute atomic E-state index is 0.161. The Hall–Kier alpha value is -6.16. The molecule has 0 fully saturated rings. The van der Waals surface area contributed by atoms with Crippen molar-refractivity contribution < 1.29 is 0 Å². The van der Waals surface area contributed by atoms with Crippen LogP contribution >= 0.6 is 11.3 Å². The lowest BCUT2D eigenvalue weighted by Gasteiger charge is -2.37.